The van der Waals surface area contributed by atoms with Crippen molar-refractivity contribution in [3.8, 4) is 5.82 Å². The van der Waals surface area contributed by atoms with Gasteiger partial charge in [-0.3, -0.25) is 0 Å². The van der Waals surface area contributed by atoms with Crippen LogP contribution in [0.3, 0.4) is 0 Å². The van der Waals surface area contributed by atoms with Crippen molar-refractivity contribution in [2.24, 2.45) is 0 Å². The maximum absolute atomic E-state index is 14.0. The fraction of sp³-hybridized carbons (Fsp3) is 0.263. The van der Waals surface area contributed by atoms with Gasteiger partial charge in [-0.1, -0.05) is 0 Å². The lowest BCUT2D eigenvalue weighted by Crippen LogP contribution is -2.49. The Hall–Kier alpha value is -2.85. The third-order valence-corrected chi connectivity index (χ3v) is 6.69. The third kappa shape index (κ3) is 3.85. The molecule has 0 unspecified atom stereocenters. The molecule has 7 nitrogen and oxygen atoms in total. The van der Waals surface area contributed by atoms with Crippen molar-refractivity contribution < 1.29 is 17.2 Å². The first-order valence-corrected chi connectivity index (χ1v) is 10.5. The largest absolute Gasteiger partial charge is 0.354 e. The average molecular weight is 419 g/mol. The molecule has 1 fully saturated rings. The number of hydrogen-bond acceptors (Lipinski definition) is 5. The summed E-state index contributed by atoms with van der Waals surface area (Å²) in [6, 6.07) is 8.12. The van der Waals surface area contributed by atoms with Gasteiger partial charge >= 0.3 is 0 Å². The van der Waals surface area contributed by atoms with Gasteiger partial charge in [0.2, 0.25) is 10.0 Å². The Labute approximate surface area is 167 Å². The lowest BCUT2D eigenvalue weighted by Gasteiger charge is -2.34. The molecule has 1 saturated heterocycles. The van der Waals surface area contributed by atoms with Crippen LogP contribution in [0.1, 0.15) is 5.82 Å². The fourth-order valence-corrected chi connectivity index (χ4v) is 4.77. The van der Waals surface area contributed by atoms with E-state index in [1.807, 2.05) is 40.1 Å². The fourth-order valence-electron chi connectivity index (χ4n) is 3.30. The van der Waals surface area contributed by atoms with Crippen molar-refractivity contribution in [3.63, 3.8) is 0 Å². The Morgan fingerprint density at radius 2 is 1.59 bits per heavy atom. The summed E-state index contributed by atoms with van der Waals surface area (Å²) in [7, 11) is -4.04. The van der Waals surface area contributed by atoms with Crippen LogP contribution < -0.4 is 4.90 Å². The second kappa shape index (κ2) is 7.53. The molecule has 3 heterocycles. The molecule has 0 aliphatic carbocycles. The first kappa shape index (κ1) is 19.5. The molecule has 1 aromatic carbocycles. The number of aryl methyl sites for hydroxylation is 1. The van der Waals surface area contributed by atoms with E-state index in [0.29, 0.717) is 30.8 Å². The highest BCUT2D eigenvalue weighted by Gasteiger charge is 2.31. The highest BCUT2D eigenvalue weighted by atomic mass is 32.2. The van der Waals surface area contributed by atoms with Crippen molar-refractivity contribution in [1.29, 1.82) is 0 Å². The van der Waals surface area contributed by atoms with Gasteiger partial charge < -0.3 is 9.47 Å². The number of sulfonamides is 1. The lowest BCUT2D eigenvalue weighted by atomic mass is 10.3. The number of aromatic nitrogens is 3. The molecular formula is C19H19F2N5O2S. The van der Waals surface area contributed by atoms with Crippen molar-refractivity contribution in [3.05, 3.63) is 66.3 Å². The zero-order chi connectivity index (χ0) is 20.6. The molecule has 0 spiro atoms. The first-order valence-electron chi connectivity index (χ1n) is 9.04. The van der Waals surface area contributed by atoms with Gasteiger partial charge in [-0.15, -0.1) is 0 Å². The summed E-state index contributed by atoms with van der Waals surface area (Å²) in [4.78, 5) is 10.4. The van der Waals surface area contributed by atoms with Gasteiger partial charge in [0, 0.05) is 50.7 Å². The van der Waals surface area contributed by atoms with Gasteiger partial charge in [0.15, 0.2) is 0 Å². The Bertz CT molecular complexity index is 1130. The molecule has 2 aromatic heterocycles. The SMILES string of the molecule is Cc1nc(N2CCN(S(=O)(=O)c3ccc(F)cc3F)CC2)cc(-n2cccc2)n1. The number of nitrogens with zero attached hydrogens (tertiary/aromatic N) is 5. The summed E-state index contributed by atoms with van der Waals surface area (Å²) < 4.78 is 55.7. The predicted molar refractivity (Wildman–Crippen MR) is 103 cm³/mol. The van der Waals surface area contributed by atoms with Crippen molar-refractivity contribution in [2.75, 3.05) is 31.1 Å². The smallest absolute Gasteiger partial charge is 0.246 e. The molecule has 1 aliphatic rings. The van der Waals surface area contributed by atoms with Crippen molar-refractivity contribution in [2.45, 2.75) is 11.8 Å². The molecule has 10 heteroatoms. The molecule has 0 bridgehead atoms. The van der Waals surface area contributed by atoms with E-state index in [0.717, 1.165) is 18.0 Å². The second-order valence-corrected chi connectivity index (χ2v) is 8.59. The van der Waals surface area contributed by atoms with E-state index in [4.69, 9.17) is 0 Å². The number of anilines is 1. The molecule has 1 aliphatic heterocycles. The van der Waals surface area contributed by atoms with Crippen LogP contribution in [0.25, 0.3) is 5.82 Å². The molecule has 0 atom stereocenters. The minimum atomic E-state index is -4.04. The monoisotopic (exact) mass is 419 g/mol. The average Bonchev–Trinajstić information content (AvgIpc) is 3.22. The number of hydrogen-bond donors (Lipinski definition) is 0. The van der Waals surface area contributed by atoms with Gasteiger partial charge in [-0.25, -0.2) is 27.2 Å². The van der Waals surface area contributed by atoms with E-state index in [1.54, 1.807) is 6.92 Å². The quantitative estimate of drug-likeness (QED) is 0.649. The summed E-state index contributed by atoms with van der Waals surface area (Å²) in [6.45, 7) is 2.92. The normalized spacial score (nSPS) is 15.6. The zero-order valence-electron chi connectivity index (χ0n) is 15.7. The Balaban J connectivity index is 1.53. The maximum atomic E-state index is 14.0. The molecule has 29 heavy (non-hydrogen) atoms. The highest BCUT2D eigenvalue weighted by Crippen LogP contribution is 2.23. The van der Waals surface area contributed by atoms with E-state index < -0.39 is 26.6 Å². The Morgan fingerprint density at radius 1 is 0.931 bits per heavy atom. The molecule has 0 saturated carbocycles. The third-order valence-electron chi connectivity index (χ3n) is 4.75. The maximum Gasteiger partial charge on any atom is 0.246 e. The van der Waals surface area contributed by atoms with Crippen LogP contribution >= 0.6 is 0 Å². The van der Waals surface area contributed by atoms with Crippen LogP contribution in [0.15, 0.2) is 53.7 Å². The van der Waals surface area contributed by atoms with Crippen LogP contribution in [-0.4, -0.2) is 53.4 Å². The van der Waals surface area contributed by atoms with Gasteiger partial charge in [0.1, 0.15) is 34.0 Å². The predicted octanol–water partition coefficient (Wildman–Crippen LogP) is 2.36. The Morgan fingerprint density at radius 3 is 2.24 bits per heavy atom. The molecule has 0 radical (unpaired) electrons. The van der Waals surface area contributed by atoms with E-state index in [-0.39, 0.29) is 13.1 Å². The van der Waals surface area contributed by atoms with E-state index in [2.05, 4.69) is 9.97 Å². The highest BCUT2D eigenvalue weighted by molar-refractivity contribution is 7.89. The van der Waals surface area contributed by atoms with E-state index >= 15 is 0 Å². The summed E-state index contributed by atoms with van der Waals surface area (Å²) >= 11 is 0. The number of benzene rings is 1. The van der Waals surface area contributed by atoms with E-state index in [9.17, 15) is 17.2 Å². The standard InChI is InChI=1S/C19H19F2N5O2S/c1-14-22-18(24-6-2-3-7-24)13-19(23-14)25-8-10-26(11-9-25)29(27,28)17-5-4-15(20)12-16(17)21/h2-7,12-13H,8-11H2,1H3. The van der Waals surface area contributed by atoms with Gasteiger partial charge in [0.25, 0.3) is 0 Å². The Kier molecular flexibility index (Phi) is 5.05. The molecule has 0 amide bonds. The minimum absolute atomic E-state index is 0.168. The van der Waals surface area contributed by atoms with Gasteiger partial charge in [0.05, 0.1) is 0 Å². The molecule has 152 valence electrons. The summed E-state index contributed by atoms with van der Waals surface area (Å²) in [5.41, 5.74) is 0. The summed E-state index contributed by atoms with van der Waals surface area (Å²) in [5, 5.41) is 0. The lowest BCUT2D eigenvalue weighted by molar-refractivity contribution is 0.381. The molecule has 0 N–H and O–H groups in total. The topological polar surface area (TPSA) is 71.3 Å². The number of halogens is 2. The van der Waals surface area contributed by atoms with E-state index in [1.165, 1.54) is 4.31 Å². The first-order chi connectivity index (χ1) is 13.8. The summed E-state index contributed by atoms with van der Waals surface area (Å²) in [5.74, 6) is 0.126. The van der Waals surface area contributed by atoms with Crippen molar-refractivity contribution in [1.82, 2.24) is 18.8 Å². The molecular weight excluding hydrogens is 400 g/mol. The minimum Gasteiger partial charge on any atom is -0.354 e. The number of rotatable bonds is 4. The molecule has 3 aromatic rings. The van der Waals surface area contributed by atoms with Crippen LogP contribution in [0, 0.1) is 18.6 Å². The van der Waals surface area contributed by atoms with Crippen LogP contribution in [0.4, 0.5) is 14.6 Å². The second-order valence-electron chi connectivity index (χ2n) is 6.69. The van der Waals surface area contributed by atoms with Crippen LogP contribution in [0.5, 0.6) is 0 Å². The van der Waals surface area contributed by atoms with Crippen LogP contribution in [-0.2, 0) is 10.0 Å². The van der Waals surface area contributed by atoms with Gasteiger partial charge in [-0.05, 0) is 31.2 Å². The number of piperazine rings is 1. The van der Waals surface area contributed by atoms with Crippen LogP contribution in [0.2, 0.25) is 0 Å². The molecule has 4 rings (SSSR count). The van der Waals surface area contributed by atoms with Crippen molar-refractivity contribution >= 4 is 15.8 Å². The zero-order valence-corrected chi connectivity index (χ0v) is 16.5. The van der Waals surface area contributed by atoms with Gasteiger partial charge in [-0.2, -0.15) is 4.31 Å². The summed E-state index contributed by atoms with van der Waals surface area (Å²) in [6.07, 6.45) is 3.76.